The normalized spacial score (nSPS) is 12.6. The molecule has 0 atom stereocenters. The second-order valence-electron chi connectivity index (χ2n) is 5.65. The van der Waals surface area contributed by atoms with Crippen LogP contribution in [0, 0.1) is 0 Å². The van der Waals surface area contributed by atoms with E-state index in [9.17, 15) is 4.79 Å². The summed E-state index contributed by atoms with van der Waals surface area (Å²) in [6.07, 6.45) is 0. The molecule has 0 spiro atoms. The van der Waals surface area contributed by atoms with Gasteiger partial charge >= 0.3 is 0 Å². The number of nitrogens with one attached hydrogen (secondary N) is 1. The van der Waals surface area contributed by atoms with Crippen LogP contribution in [0.5, 0.6) is 5.88 Å². The summed E-state index contributed by atoms with van der Waals surface area (Å²) in [4.78, 5) is 17.4. The van der Waals surface area contributed by atoms with Gasteiger partial charge in [-0.05, 0) is 17.7 Å². The zero-order valence-electron chi connectivity index (χ0n) is 13.5. The Morgan fingerprint density at radius 3 is 2.56 bits per heavy atom. The van der Waals surface area contributed by atoms with Crippen molar-refractivity contribution >= 4 is 23.1 Å². The van der Waals surface area contributed by atoms with E-state index in [1.807, 2.05) is 60.7 Å². The molecule has 2 heterocycles. The number of ether oxygens (including phenoxy) is 1. The van der Waals surface area contributed by atoms with Crippen LogP contribution >= 0.6 is 11.8 Å². The molecule has 3 aromatic rings. The van der Waals surface area contributed by atoms with E-state index in [0.717, 1.165) is 17.0 Å². The summed E-state index contributed by atoms with van der Waals surface area (Å²) in [7, 11) is 0. The highest BCUT2D eigenvalue weighted by Crippen LogP contribution is 2.29. The van der Waals surface area contributed by atoms with Crippen molar-refractivity contribution in [1.82, 2.24) is 9.55 Å². The molecular weight excluding hydrogens is 334 g/mol. The number of benzene rings is 2. The molecule has 0 saturated carbocycles. The van der Waals surface area contributed by atoms with Gasteiger partial charge in [0.1, 0.15) is 6.61 Å². The van der Waals surface area contributed by atoms with Crippen LogP contribution in [0.25, 0.3) is 0 Å². The first-order chi connectivity index (χ1) is 12.3. The number of aromatic nitrogens is 2. The fraction of sp³-hybridized carbons (Fsp3) is 0.158. The minimum Gasteiger partial charge on any atom is -0.471 e. The summed E-state index contributed by atoms with van der Waals surface area (Å²) >= 11 is 1.58. The van der Waals surface area contributed by atoms with Crippen LogP contribution in [0.1, 0.15) is 5.56 Å². The predicted molar refractivity (Wildman–Crippen MR) is 99.7 cm³/mol. The zero-order chi connectivity index (χ0) is 17.1. The molecule has 126 valence electrons. The van der Waals surface area contributed by atoms with Crippen molar-refractivity contribution < 1.29 is 4.74 Å². The molecule has 1 aliphatic heterocycles. The monoisotopic (exact) mass is 351 g/mol. The minimum atomic E-state index is -0.0954. The number of para-hydroxylation sites is 1. The van der Waals surface area contributed by atoms with E-state index in [4.69, 9.17) is 4.74 Å². The van der Waals surface area contributed by atoms with Gasteiger partial charge in [0.15, 0.2) is 10.8 Å². The van der Waals surface area contributed by atoms with E-state index in [0.29, 0.717) is 29.9 Å². The fourth-order valence-corrected chi connectivity index (χ4v) is 3.59. The molecule has 6 heteroatoms. The molecule has 25 heavy (non-hydrogen) atoms. The Morgan fingerprint density at radius 1 is 1.08 bits per heavy atom. The van der Waals surface area contributed by atoms with Crippen LogP contribution in [-0.2, 0) is 13.2 Å². The lowest BCUT2D eigenvalue weighted by molar-refractivity contribution is 0.290. The Labute approximate surface area is 149 Å². The zero-order valence-corrected chi connectivity index (χ0v) is 14.3. The number of fused-ring (bicyclic) bond motifs is 1. The first-order valence-electron chi connectivity index (χ1n) is 8.08. The molecule has 1 aromatic heterocycles. The molecule has 0 amide bonds. The molecular formula is C19H17N3O2S. The summed E-state index contributed by atoms with van der Waals surface area (Å²) in [6.45, 7) is 1.04. The summed E-state index contributed by atoms with van der Waals surface area (Å²) in [5, 5.41) is 3.89. The number of thioether (sulfide) groups is 1. The average Bonchev–Trinajstić information content (AvgIpc) is 3.13. The molecule has 1 N–H and O–H groups in total. The van der Waals surface area contributed by atoms with Crippen molar-refractivity contribution in [1.29, 1.82) is 0 Å². The molecule has 5 nitrogen and oxygen atoms in total. The van der Waals surface area contributed by atoms with Gasteiger partial charge in [-0.2, -0.15) is 4.98 Å². The summed E-state index contributed by atoms with van der Waals surface area (Å²) in [5.41, 5.74) is 2.15. The third kappa shape index (κ3) is 3.39. The topological polar surface area (TPSA) is 56.1 Å². The highest BCUT2D eigenvalue weighted by Gasteiger charge is 2.22. The van der Waals surface area contributed by atoms with Gasteiger partial charge in [-0.15, -0.1) is 0 Å². The van der Waals surface area contributed by atoms with E-state index in [2.05, 4.69) is 10.3 Å². The lowest BCUT2D eigenvalue weighted by atomic mass is 10.2. The summed E-state index contributed by atoms with van der Waals surface area (Å²) in [5.74, 6) is 1.20. The van der Waals surface area contributed by atoms with E-state index in [1.54, 1.807) is 16.3 Å². The van der Waals surface area contributed by atoms with Crippen molar-refractivity contribution in [3.05, 3.63) is 76.6 Å². The van der Waals surface area contributed by atoms with Gasteiger partial charge in [0.05, 0.1) is 0 Å². The Bertz CT molecular complexity index is 927. The van der Waals surface area contributed by atoms with Gasteiger partial charge in [-0.1, -0.05) is 60.3 Å². The molecule has 0 radical (unpaired) electrons. The Hall–Kier alpha value is -2.73. The van der Waals surface area contributed by atoms with Gasteiger partial charge in [-0.3, -0.25) is 9.36 Å². The molecule has 4 rings (SSSR count). The number of hydrogen-bond acceptors (Lipinski definition) is 5. The van der Waals surface area contributed by atoms with Crippen molar-refractivity contribution in [2.24, 2.45) is 0 Å². The van der Waals surface area contributed by atoms with Crippen LogP contribution < -0.4 is 15.6 Å². The van der Waals surface area contributed by atoms with Gasteiger partial charge in [-0.25, -0.2) is 0 Å². The molecule has 0 unspecified atom stereocenters. The SMILES string of the molecule is O=c1c(Nc2ccccc2)c(OCc2ccccc2)nc2n1CCS2. The fourth-order valence-electron chi connectivity index (χ4n) is 2.66. The van der Waals surface area contributed by atoms with Crippen molar-refractivity contribution in [2.45, 2.75) is 18.3 Å². The second-order valence-corrected chi connectivity index (χ2v) is 6.71. The van der Waals surface area contributed by atoms with Crippen molar-refractivity contribution in [3.8, 4) is 5.88 Å². The third-order valence-corrected chi connectivity index (χ3v) is 4.87. The lowest BCUT2D eigenvalue weighted by Gasteiger charge is -2.14. The van der Waals surface area contributed by atoms with Crippen LogP contribution in [0.3, 0.4) is 0 Å². The van der Waals surface area contributed by atoms with Crippen LogP contribution in [0.15, 0.2) is 70.6 Å². The van der Waals surface area contributed by atoms with Gasteiger partial charge < -0.3 is 10.1 Å². The maximum atomic E-state index is 12.9. The Balaban J connectivity index is 1.69. The van der Waals surface area contributed by atoms with E-state index < -0.39 is 0 Å². The van der Waals surface area contributed by atoms with Crippen LogP contribution in [0.2, 0.25) is 0 Å². The van der Waals surface area contributed by atoms with Crippen LogP contribution in [0.4, 0.5) is 11.4 Å². The number of hydrogen-bond donors (Lipinski definition) is 1. The van der Waals surface area contributed by atoms with Crippen molar-refractivity contribution in [3.63, 3.8) is 0 Å². The summed E-state index contributed by atoms with van der Waals surface area (Å²) in [6, 6.07) is 19.4. The highest BCUT2D eigenvalue weighted by atomic mass is 32.2. The van der Waals surface area contributed by atoms with Gasteiger partial charge in [0, 0.05) is 18.0 Å². The first kappa shape index (κ1) is 15.8. The average molecular weight is 351 g/mol. The molecule has 0 fully saturated rings. The highest BCUT2D eigenvalue weighted by molar-refractivity contribution is 7.99. The van der Waals surface area contributed by atoms with Crippen LogP contribution in [-0.4, -0.2) is 15.3 Å². The Kier molecular flexibility index (Phi) is 4.43. The maximum absolute atomic E-state index is 12.9. The standard InChI is InChI=1S/C19H17N3O2S/c23-18-16(20-15-9-5-2-6-10-15)17(21-19-22(18)11-12-25-19)24-13-14-7-3-1-4-8-14/h1-10,20H,11-13H2. The smallest absolute Gasteiger partial charge is 0.281 e. The largest absolute Gasteiger partial charge is 0.471 e. The number of rotatable bonds is 5. The quantitative estimate of drug-likeness (QED) is 0.711. The van der Waals surface area contributed by atoms with Gasteiger partial charge in [0.25, 0.3) is 5.56 Å². The summed E-state index contributed by atoms with van der Waals surface area (Å²) < 4.78 is 7.60. The Morgan fingerprint density at radius 2 is 1.80 bits per heavy atom. The van der Waals surface area contributed by atoms with Crippen molar-refractivity contribution in [2.75, 3.05) is 11.1 Å². The second kappa shape index (κ2) is 7.03. The molecule has 0 aliphatic carbocycles. The van der Waals surface area contributed by atoms with Gasteiger partial charge in [0.2, 0.25) is 5.88 Å². The van der Waals surface area contributed by atoms with E-state index >= 15 is 0 Å². The number of anilines is 2. The molecule has 2 aromatic carbocycles. The maximum Gasteiger partial charge on any atom is 0.281 e. The predicted octanol–water partition coefficient (Wildman–Crippen LogP) is 3.67. The molecule has 1 aliphatic rings. The van der Waals surface area contributed by atoms with E-state index in [-0.39, 0.29) is 5.56 Å². The molecule has 0 saturated heterocycles. The first-order valence-corrected chi connectivity index (χ1v) is 9.06. The number of nitrogens with zero attached hydrogens (tertiary/aromatic N) is 2. The lowest BCUT2D eigenvalue weighted by Crippen LogP contribution is -2.24. The third-order valence-electron chi connectivity index (χ3n) is 3.91. The molecule has 0 bridgehead atoms. The van der Waals surface area contributed by atoms with E-state index in [1.165, 1.54) is 0 Å². The minimum absolute atomic E-state index is 0.0954.